The highest BCUT2D eigenvalue weighted by atomic mass is 16.6. The van der Waals surface area contributed by atoms with Crippen LogP contribution >= 0.6 is 0 Å². The molecule has 1 fully saturated rings. The summed E-state index contributed by atoms with van der Waals surface area (Å²) in [7, 11) is 0. The van der Waals surface area contributed by atoms with Crippen LogP contribution in [0.5, 0.6) is 0 Å². The number of ether oxygens (including phenoxy) is 2. The fraction of sp³-hybridized carbons (Fsp3) is 0.429. The quantitative estimate of drug-likeness (QED) is 0.197. The predicted octanol–water partition coefficient (Wildman–Crippen LogP) is 6.08. The van der Waals surface area contributed by atoms with Crippen molar-refractivity contribution in [3.8, 4) is 0 Å². The van der Waals surface area contributed by atoms with Crippen molar-refractivity contribution in [3.05, 3.63) is 88.0 Å². The lowest BCUT2D eigenvalue weighted by atomic mass is 9.64. The van der Waals surface area contributed by atoms with Crippen LogP contribution in [0.4, 0.5) is 5.69 Å². The normalized spacial score (nSPS) is 21.0. The molecule has 35 heavy (non-hydrogen) atoms. The number of nitro groups is 1. The third-order valence-electron chi connectivity index (χ3n) is 7.03. The molecule has 1 unspecified atom stereocenters. The maximum absolute atomic E-state index is 13.3. The van der Waals surface area contributed by atoms with Crippen LogP contribution in [0.25, 0.3) is 0 Å². The molecule has 1 aliphatic rings. The average molecular weight is 480 g/mol. The summed E-state index contributed by atoms with van der Waals surface area (Å²) in [6.07, 6.45) is 1.28. The second kappa shape index (κ2) is 10.8. The molecule has 0 bridgehead atoms. The minimum Gasteiger partial charge on any atom is -0.459 e. The van der Waals surface area contributed by atoms with Crippen molar-refractivity contribution in [1.29, 1.82) is 0 Å². The molecule has 7 heteroatoms. The molecule has 2 aromatic rings. The first-order valence-electron chi connectivity index (χ1n) is 11.9. The summed E-state index contributed by atoms with van der Waals surface area (Å²) in [6.45, 7) is 11.6. The number of hydrogen-bond donors (Lipinski definition) is 0. The van der Waals surface area contributed by atoms with Gasteiger partial charge in [0.1, 0.15) is 6.10 Å². The van der Waals surface area contributed by atoms with E-state index in [0.29, 0.717) is 11.5 Å². The smallest absolute Gasteiger partial charge is 0.337 e. The van der Waals surface area contributed by atoms with E-state index in [1.807, 2.05) is 18.2 Å². The minimum absolute atomic E-state index is 0.0245. The van der Waals surface area contributed by atoms with Gasteiger partial charge in [-0.3, -0.25) is 14.9 Å². The van der Waals surface area contributed by atoms with Crippen LogP contribution in [0.1, 0.15) is 64.2 Å². The van der Waals surface area contributed by atoms with Gasteiger partial charge in [0.15, 0.2) is 6.10 Å². The van der Waals surface area contributed by atoms with Gasteiger partial charge in [-0.25, -0.2) is 4.79 Å². The molecule has 0 amide bonds. The van der Waals surface area contributed by atoms with Gasteiger partial charge in [0.2, 0.25) is 0 Å². The highest BCUT2D eigenvalue weighted by Crippen LogP contribution is 2.44. The van der Waals surface area contributed by atoms with E-state index in [2.05, 4.69) is 39.5 Å². The molecule has 1 saturated carbocycles. The summed E-state index contributed by atoms with van der Waals surface area (Å²) < 4.78 is 11.4. The Bertz CT molecular complexity index is 1080. The van der Waals surface area contributed by atoms with Gasteiger partial charge in [-0.2, -0.15) is 0 Å². The first-order valence-corrected chi connectivity index (χ1v) is 11.9. The number of esters is 2. The van der Waals surface area contributed by atoms with Crippen LogP contribution < -0.4 is 0 Å². The van der Waals surface area contributed by atoms with Gasteiger partial charge in [0.05, 0.1) is 10.5 Å². The van der Waals surface area contributed by atoms with E-state index in [1.54, 1.807) is 0 Å². The number of carbonyl (C=O) groups is 2. The van der Waals surface area contributed by atoms with Gasteiger partial charge in [-0.15, -0.1) is 0 Å². The molecular formula is C28H33NO6. The zero-order valence-corrected chi connectivity index (χ0v) is 20.7. The van der Waals surface area contributed by atoms with Gasteiger partial charge >= 0.3 is 11.9 Å². The molecule has 1 aliphatic carbocycles. The topological polar surface area (TPSA) is 95.7 Å². The van der Waals surface area contributed by atoms with Crippen molar-refractivity contribution >= 4 is 17.6 Å². The Morgan fingerprint density at radius 3 is 2.29 bits per heavy atom. The van der Waals surface area contributed by atoms with E-state index in [-0.39, 0.29) is 28.7 Å². The van der Waals surface area contributed by atoms with Crippen molar-refractivity contribution in [2.75, 3.05) is 0 Å². The first-order chi connectivity index (χ1) is 16.5. The average Bonchev–Trinajstić information content (AvgIpc) is 2.82. The first kappa shape index (κ1) is 26.1. The number of nitro benzene ring substituents is 1. The number of nitrogens with zero attached hydrogens (tertiary/aromatic N) is 1. The molecule has 0 heterocycles. The zero-order chi connectivity index (χ0) is 25.8. The van der Waals surface area contributed by atoms with Crippen LogP contribution in [-0.4, -0.2) is 23.0 Å². The minimum atomic E-state index is -1.09. The number of benzene rings is 2. The van der Waals surface area contributed by atoms with E-state index < -0.39 is 23.0 Å². The van der Waals surface area contributed by atoms with Gasteiger partial charge in [0.25, 0.3) is 5.69 Å². The van der Waals surface area contributed by atoms with E-state index in [9.17, 15) is 19.7 Å². The molecule has 2 aromatic carbocycles. The summed E-state index contributed by atoms with van der Waals surface area (Å²) in [5.41, 5.74) is 1.24. The molecule has 0 saturated heterocycles. The van der Waals surface area contributed by atoms with Crippen LogP contribution in [0.15, 0.2) is 66.7 Å². The molecule has 0 spiro atoms. The van der Waals surface area contributed by atoms with Crippen LogP contribution in [0.2, 0.25) is 0 Å². The number of carbonyl (C=O) groups excluding carboxylic acids is 2. The van der Waals surface area contributed by atoms with Crippen molar-refractivity contribution in [3.63, 3.8) is 0 Å². The maximum atomic E-state index is 13.3. The van der Waals surface area contributed by atoms with Crippen molar-refractivity contribution in [2.45, 2.75) is 64.6 Å². The molecule has 186 valence electrons. The number of hydrogen-bond acceptors (Lipinski definition) is 6. The highest BCUT2D eigenvalue weighted by molar-refractivity contribution is 5.90. The van der Waals surface area contributed by atoms with Crippen LogP contribution in [0.3, 0.4) is 0 Å². The molecule has 0 aromatic heterocycles. The summed E-state index contributed by atoms with van der Waals surface area (Å²) >= 11 is 0. The second-order valence-corrected chi connectivity index (χ2v) is 9.92. The SMILES string of the molecule is C=C(C(=O)O[C@@H]1C[C@H](C)CC[C@H]1C(C)(C)c1ccccc1)C(OC(C)=O)c1ccc([N+](=O)[O-])cc1. The van der Waals surface area contributed by atoms with E-state index in [4.69, 9.17) is 9.47 Å². The summed E-state index contributed by atoms with van der Waals surface area (Å²) in [5, 5.41) is 11.0. The summed E-state index contributed by atoms with van der Waals surface area (Å²) in [5.74, 6) is -0.730. The Morgan fingerprint density at radius 1 is 1.09 bits per heavy atom. The Morgan fingerprint density at radius 2 is 1.71 bits per heavy atom. The molecule has 0 aliphatic heterocycles. The van der Waals surface area contributed by atoms with Crippen LogP contribution in [-0.2, 0) is 24.5 Å². The van der Waals surface area contributed by atoms with E-state index >= 15 is 0 Å². The Kier molecular flexibility index (Phi) is 8.10. The summed E-state index contributed by atoms with van der Waals surface area (Å²) in [6, 6.07) is 15.7. The van der Waals surface area contributed by atoms with Crippen molar-refractivity contribution < 1.29 is 24.0 Å². The highest BCUT2D eigenvalue weighted by Gasteiger charge is 2.42. The number of rotatable bonds is 8. The van der Waals surface area contributed by atoms with Gasteiger partial charge < -0.3 is 9.47 Å². The third kappa shape index (κ3) is 6.15. The van der Waals surface area contributed by atoms with Gasteiger partial charge in [0, 0.05) is 25.0 Å². The van der Waals surface area contributed by atoms with E-state index in [0.717, 1.165) is 19.3 Å². The molecule has 4 atom stereocenters. The fourth-order valence-corrected chi connectivity index (χ4v) is 4.96. The molecule has 7 nitrogen and oxygen atoms in total. The predicted molar refractivity (Wildman–Crippen MR) is 133 cm³/mol. The maximum Gasteiger partial charge on any atom is 0.337 e. The molecule has 0 radical (unpaired) electrons. The van der Waals surface area contributed by atoms with Crippen molar-refractivity contribution in [1.82, 2.24) is 0 Å². The second-order valence-electron chi connectivity index (χ2n) is 9.92. The molecule has 3 rings (SSSR count). The van der Waals surface area contributed by atoms with Crippen LogP contribution in [0, 0.1) is 22.0 Å². The Labute approximate surface area is 206 Å². The fourth-order valence-electron chi connectivity index (χ4n) is 4.96. The lowest BCUT2D eigenvalue weighted by Gasteiger charge is -2.44. The Balaban J connectivity index is 1.84. The third-order valence-corrected chi connectivity index (χ3v) is 7.03. The van der Waals surface area contributed by atoms with Crippen molar-refractivity contribution in [2.24, 2.45) is 11.8 Å². The van der Waals surface area contributed by atoms with E-state index in [1.165, 1.54) is 36.8 Å². The molecule has 0 N–H and O–H groups in total. The monoisotopic (exact) mass is 479 g/mol. The zero-order valence-electron chi connectivity index (χ0n) is 20.7. The lowest BCUT2D eigenvalue weighted by Crippen LogP contribution is -2.43. The van der Waals surface area contributed by atoms with Gasteiger partial charge in [-0.05, 0) is 47.4 Å². The van der Waals surface area contributed by atoms with Gasteiger partial charge in [-0.1, -0.05) is 64.1 Å². The molecular weight excluding hydrogens is 446 g/mol. The Hall–Kier alpha value is -3.48. The summed E-state index contributed by atoms with van der Waals surface area (Å²) in [4.78, 5) is 35.5. The number of non-ortho nitro benzene ring substituents is 1. The lowest BCUT2D eigenvalue weighted by molar-refractivity contribution is -0.384. The largest absolute Gasteiger partial charge is 0.459 e. The standard InChI is InChI=1S/C28H33NO6/c1-18-11-16-24(28(4,5)22-9-7-6-8-10-22)25(17-18)35-27(31)19(2)26(34-20(3)30)21-12-14-23(15-13-21)29(32)33/h6-10,12-15,18,24-26H,2,11,16-17H2,1,3-5H3/t18-,24-,25-,26?/m1/s1.